The number of hydrogen-bond donors (Lipinski definition) is 0. The maximum Gasteiger partial charge on any atom is 0.0131 e. The quantitative estimate of drug-likeness (QED) is 0.375. The maximum absolute atomic E-state index is 2.43. The van der Waals surface area contributed by atoms with Gasteiger partial charge in [0.2, 0.25) is 0 Å². The zero-order chi connectivity index (χ0) is 19.6. The molecular weight excluding hydrogens is 367 g/mol. The predicted molar refractivity (Wildman–Crippen MR) is 128 cm³/mol. The van der Waals surface area contributed by atoms with Crippen molar-refractivity contribution < 1.29 is 0 Å². The van der Waals surface area contributed by atoms with Crippen molar-refractivity contribution in [1.82, 2.24) is 0 Å². The van der Waals surface area contributed by atoms with E-state index in [0.29, 0.717) is 0 Å². The average Bonchev–Trinajstić information content (AvgIpc) is 2.78. The average molecular weight is 392 g/mol. The fraction of sp³-hybridized carbons (Fsp3) is 0.179. The molecule has 1 aliphatic heterocycles. The lowest BCUT2D eigenvalue weighted by atomic mass is 9.83. The van der Waals surface area contributed by atoms with Crippen LogP contribution in [0.4, 0.5) is 0 Å². The molecule has 29 heavy (non-hydrogen) atoms. The lowest BCUT2D eigenvalue weighted by molar-refractivity contribution is 0.921. The van der Waals surface area contributed by atoms with Gasteiger partial charge in [0, 0.05) is 5.31 Å². The molecule has 0 saturated heterocycles. The van der Waals surface area contributed by atoms with E-state index in [2.05, 4.69) is 91.6 Å². The molecular formula is C28H25P. The summed E-state index contributed by atoms with van der Waals surface area (Å²) >= 11 is 0. The fourth-order valence-electron chi connectivity index (χ4n) is 4.65. The lowest BCUT2D eigenvalue weighted by Crippen LogP contribution is -2.07. The second kappa shape index (κ2) is 7.97. The highest BCUT2D eigenvalue weighted by molar-refractivity contribution is 7.51. The molecule has 3 aromatic carbocycles. The summed E-state index contributed by atoms with van der Waals surface area (Å²) < 4.78 is 0. The van der Waals surface area contributed by atoms with Crippen LogP contribution in [0.25, 0.3) is 10.9 Å². The summed E-state index contributed by atoms with van der Waals surface area (Å²) in [7, 11) is 1.30. The van der Waals surface area contributed by atoms with E-state index in [0.717, 1.165) is 25.7 Å². The minimum Gasteiger partial charge on any atom is -0.0669 e. The second-order valence-electron chi connectivity index (χ2n) is 7.96. The first kappa shape index (κ1) is 18.3. The molecule has 0 N–H and O–H groups in total. The van der Waals surface area contributed by atoms with Gasteiger partial charge >= 0.3 is 0 Å². The van der Waals surface area contributed by atoms with Crippen LogP contribution in [0.15, 0.2) is 90.0 Å². The smallest absolute Gasteiger partial charge is 0.0131 e. The summed E-state index contributed by atoms with van der Waals surface area (Å²) in [4.78, 5) is 0. The Bertz CT molecular complexity index is 1150. The number of hydrogen-bond acceptors (Lipinski definition) is 0. The number of allylic oxidation sites excluding steroid dienone is 3. The SMILES string of the molecule is C/C1=C(/c2ccccc2)C2=C(/P=C/c3ccccc3CC1)c1ccccc1CC2. The summed E-state index contributed by atoms with van der Waals surface area (Å²) in [6.45, 7) is 2.35. The number of fused-ring (bicyclic) bond motifs is 3. The summed E-state index contributed by atoms with van der Waals surface area (Å²) in [6, 6.07) is 28.9. The van der Waals surface area contributed by atoms with E-state index in [1.54, 1.807) is 5.57 Å². The Morgan fingerprint density at radius 1 is 0.655 bits per heavy atom. The topological polar surface area (TPSA) is 0 Å². The zero-order valence-corrected chi connectivity index (χ0v) is 17.8. The van der Waals surface area contributed by atoms with Crippen molar-refractivity contribution in [3.8, 4) is 0 Å². The molecule has 0 unspecified atom stereocenters. The van der Waals surface area contributed by atoms with Crippen LogP contribution in [0.3, 0.4) is 0 Å². The molecule has 0 nitrogen and oxygen atoms in total. The van der Waals surface area contributed by atoms with Crippen molar-refractivity contribution >= 4 is 24.9 Å². The molecule has 2 aliphatic rings. The van der Waals surface area contributed by atoms with Crippen molar-refractivity contribution in [2.75, 3.05) is 0 Å². The van der Waals surface area contributed by atoms with Crippen molar-refractivity contribution in [1.29, 1.82) is 0 Å². The minimum atomic E-state index is 1.10. The first-order valence-electron chi connectivity index (χ1n) is 10.5. The van der Waals surface area contributed by atoms with E-state index in [9.17, 15) is 0 Å². The van der Waals surface area contributed by atoms with Gasteiger partial charge in [-0.25, -0.2) is 0 Å². The monoisotopic (exact) mass is 392 g/mol. The third-order valence-electron chi connectivity index (χ3n) is 6.15. The molecule has 5 rings (SSSR count). The van der Waals surface area contributed by atoms with Gasteiger partial charge in [0.15, 0.2) is 0 Å². The van der Waals surface area contributed by atoms with E-state index < -0.39 is 0 Å². The van der Waals surface area contributed by atoms with E-state index in [1.807, 2.05) is 0 Å². The Kier molecular flexibility index (Phi) is 5.04. The molecule has 0 fully saturated rings. The van der Waals surface area contributed by atoms with Crippen LogP contribution < -0.4 is 0 Å². The zero-order valence-electron chi connectivity index (χ0n) is 16.9. The first-order chi connectivity index (χ1) is 14.3. The van der Waals surface area contributed by atoms with Crippen molar-refractivity contribution in [2.45, 2.75) is 32.6 Å². The minimum absolute atomic E-state index is 1.10. The van der Waals surface area contributed by atoms with E-state index in [4.69, 9.17) is 0 Å². The number of benzene rings is 3. The maximum atomic E-state index is 2.43. The lowest BCUT2D eigenvalue weighted by Gasteiger charge is -2.26. The Hall–Kier alpha value is -2.69. The molecule has 0 saturated carbocycles. The third-order valence-corrected chi connectivity index (χ3v) is 7.33. The number of aryl methyl sites for hydroxylation is 2. The summed E-state index contributed by atoms with van der Waals surface area (Å²) in [5, 5.41) is 1.49. The van der Waals surface area contributed by atoms with Gasteiger partial charge in [0.25, 0.3) is 0 Å². The Morgan fingerprint density at radius 3 is 2.21 bits per heavy atom. The highest BCUT2D eigenvalue weighted by Crippen LogP contribution is 2.45. The van der Waals surface area contributed by atoms with Crippen LogP contribution in [0.1, 0.15) is 47.6 Å². The molecule has 1 heteroatoms. The molecule has 1 heterocycles. The predicted octanol–water partition coefficient (Wildman–Crippen LogP) is 7.56. The molecule has 1 aliphatic carbocycles. The van der Waals surface area contributed by atoms with E-state index in [1.165, 1.54) is 52.5 Å². The van der Waals surface area contributed by atoms with Gasteiger partial charge in [-0.2, -0.15) is 0 Å². The molecule has 3 aromatic rings. The van der Waals surface area contributed by atoms with E-state index >= 15 is 0 Å². The molecule has 0 amide bonds. The highest BCUT2D eigenvalue weighted by atomic mass is 31.1. The van der Waals surface area contributed by atoms with Crippen molar-refractivity contribution in [3.05, 3.63) is 118 Å². The molecule has 0 bridgehead atoms. The van der Waals surface area contributed by atoms with Gasteiger partial charge in [-0.3, -0.25) is 0 Å². The van der Waals surface area contributed by atoms with Gasteiger partial charge in [-0.05, 0) is 77.4 Å². The van der Waals surface area contributed by atoms with Gasteiger partial charge in [0.1, 0.15) is 0 Å². The molecule has 142 valence electrons. The van der Waals surface area contributed by atoms with Crippen molar-refractivity contribution in [3.63, 3.8) is 0 Å². The Balaban J connectivity index is 1.79. The van der Waals surface area contributed by atoms with Gasteiger partial charge in [0.05, 0.1) is 0 Å². The summed E-state index contributed by atoms with van der Waals surface area (Å²) in [5.41, 5.74) is 11.7. The Labute approximate surface area is 175 Å². The van der Waals surface area contributed by atoms with Crippen LogP contribution in [0.5, 0.6) is 0 Å². The highest BCUT2D eigenvalue weighted by Gasteiger charge is 2.23. The third kappa shape index (κ3) is 3.54. The van der Waals surface area contributed by atoms with Crippen LogP contribution in [-0.4, -0.2) is 5.80 Å². The van der Waals surface area contributed by atoms with Crippen molar-refractivity contribution in [2.24, 2.45) is 0 Å². The number of rotatable bonds is 1. The van der Waals surface area contributed by atoms with Crippen LogP contribution in [0.2, 0.25) is 0 Å². The molecule has 0 atom stereocenters. The van der Waals surface area contributed by atoms with Crippen LogP contribution in [-0.2, 0) is 12.8 Å². The normalized spacial score (nSPS) is 19.8. The second-order valence-corrected chi connectivity index (χ2v) is 8.93. The van der Waals surface area contributed by atoms with Gasteiger partial charge in [-0.1, -0.05) is 92.6 Å². The molecule has 0 aromatic heterocycles. The fourth-order valence-corrected chi connectivity index (χ4v) is 5.91. The van der Waals surface area contributed by atoms with E-state index in [-0.39, 0.29) is 0 Å². The molecule has 0 radical (unpaired) electrons. The summed E-state index contributed by atoms with van der Waals surface area (Å²) in [5.74, 6) is 2.43. The standard InChI is InChI=1S/C28H25P/c1-20-15-16-21-9-5-6-13-24(21)19-29-28-25-14-8-7-10-22(25)17-18-26(28)27(20)23-11-3-2-4-12-23/h2-14,19H,15-18H2,1H3/b27-20+. The summed E-state index contributed by atoms with van der Waals surface area (Å²) in [6.07, 6.45) is 4.45. The first-order valence-corrected chi connectivity index (χ1v) is 11.5. The Morgan fingerprint density at radius 2 is 1.34 bits per heavy atom. The van der Waals surface area contributed by atoms with Crippen LogP contribution in [0, 0.1) is 0 Å². The van der Waals surface area contributed by atoms with Gasteiger partial charge in [-0.15, -0.1) is 0 Å². The van der Waals surface area contributed by atoms with Gasteiger partial charge < -0.3 is 0 Å². The largest absolute Gasteiger partial charge is 0.0669 e. The van der Waals surface area contributed by atoms with Crippen LogP contribution >= 0.6 is 8.20 Å². The molecule has 0 spiro atoms.